The SMILES string of the molecule is O=C1N=NC=C1N=N[N+](=O)[O-]. The van der Waals surface area contributed by atoms with Gasteiger partial charge in [-0.15, -0.1) is 5.11 Å². The molecule has 0 aliphatic carbocycles. The molecule has 8 heteroatoms. The zero-order valence-corrected chi connectivity index (χ0v) is 5.04. The molecular formula is C3HN5O3. The summed E-state index contributed by atoms with van der Waals surface area (Å²) in [5.74, 6) is -0.726. The predicted molar refractivity (Wildman–Crippen MR) is 29.8 cm³/mol. The van der Waals surface area contributed by atoms with E-state index in [0.29, 0.717) is 0 Å². The Morgan fingerprint density at radius 3 is 2.82 bits per heavy atom. The van der Waals surface area contributed by atoms with Crippen LogP contribution < -0.4 is 0 Å². The molecular weight excluding hydrogens is 154 g/mol. The highest BCUT2D eigenvalue weighted by Gasteiger charge is 2.19. The van der Waals surface area contributed by atoms with E-state index in [2.05, 4.69) is 20.6 Å². The molecule has 0 bridgehead atoms. The molecule has 0 saturated heterocycles. The van der Waals surface area contributed by atoms with Gasteiger partial charge in [0.25, 0.3) is 5.70 Å². The summed E-state index contributed by atoms with van der Waals surface area (Å²) in [6, 6.07) is 0. The fourth-order valence-electron chi connectivity index (χ4n) is 0.396. The van der Waals surface area contributed by atoms with Crippen molar-refractivity contribution in [2.45, 2.75) is 0 Å². The average Bonchev–Trinajstić information content (AvgIpc) is 2.31. The van der Waals surface area contributed by atoms with Gasteiger partial charge in [0, 0.05) is 0 Å². The molecule has 1 aliphatic heterocycles. The van der Waals surface area contributed by atoms with E-state index < -0.39 is 10.9 Å². The summed E-state index contributed by atoms with van der Waals surface area (Å²) in [6.45, 7) is 0. The third-order valence-corrected chi connectivity index (χ3v) is 0.773. The first kappa shape index (κ1) is 7.12. The maximum absolute atomic E-state index is 10.5. The van der Waals surface area contributed by atoms with Crippen LogP contribution in [-0.2, 0) is 4.79 Å². The van der Waals surface area contributed by atoms with Crippen molar-refractivity contribution < 1.29 is 9.83 Å². The maximum atomic E-state index is 10.5. The number of nitro groups is 1. The van der Waals surface area contributed by atoms with Crippen LogP contribution in [0.5, 0.6) is 0 Å². The zero-order chi connectivity index (χ0) is 8.27. The standard InChI is InChI=1S/C3HN5O3/c9-3-2(1-4-6-3)5-7-8(10)11/h1H. The molecule has 1 rings (SSSR count). The van der Waals surface area contributed by atoms with E-state index in [4.69, 9.17) is 0 Å². The van der Waals surface area contributed by atoms with Gasteiger partial charge in [-0.3, -0.25) is 4.79 Å². The monoisotopic (exact) mass is 155 g/mol. The van der Waals surface area contributed by atoms with Gasteiger partial charge < -0.3 is 10.1 Å². The van der Waals surface area contributed by atoms with Gasteiger partial charge in [-0.1, -0.05) is 0 Å². The van der Waals surface area contributed by atoms with Crippen molar-refractivity contribution in [2.24, 2.45) is 20.6 Å². The molecule has 1 heterocycles. The van der Waals surface area contributed by atoms with Crippen LogP contribution in [0.25, 0.3) is 0 Å². The molecule has 0 fully saturated rings. The molecule has 56 valence electrons. The lowest BCUT2D eigenvalue weighted by Gasteiger charge is -1.76. The minimum atomic E-state index is -1.02. The molecule has 0 aromatic rings. The molecule has 1 amide bonds. The second-order valence-electron chi connectivity index (χ2n) is 1.46. The van der Waals surface area contributed by atoms with Gasteiger partial charge in [0.2, 0.25) is 0 Å². The van der Waals surface area contributed by atoms with Gasteiger partial charge in [0.15, 0.2) is 5.22 Å². The number of carbonyl (C=O) groups excluding carboxylic acids is 1. The summed E-state index contributed by atoms with van der Waals surface area (Å²) in [5, 5.41) is 20.2. The van der Waals surface area contributed by atoms with E-state index in [9.17, 15) is 14.9 Å². The van der Waals surface area contributed by atoms with Crippen LogP contribution in [-0.4, -0.2) is 10.9 Å². The highest BCUT2D eigenvalue weighted by molar-refractivity contribution is 5.94. The molecule has 0 N–H and O–H groups in total. The second kappa shape index (κ2) is 2.73. The number of amides is 1. The molecule has 0 radical (unpaired) electrons. The van der Waals surface area contributed by atoms with Gasteiger partial charge in [-0.05, 0) is 0 Å². The third kappa shape index (κ3) is 1.71. The van der Waals surface area contributed by atoms with Crippen molar-refractivity contribution in [2.75, 3.05) is 0 Å². The van der Waals surface area contributed by atoms with E-state index >= 15 is 0 Å². The number of rotatable bonds is 2. The summed E-state index contributed by atoms with van der Waals surface area (Å²) >= 11 is 0. The van der Waals surface area contributed by atoms with E-state index in [-0.39, 0.29) is 5.70 Å². The van der Waals surface area contributed by atoms with Crippen molar-refractivity contribution in [1.82, 2.24) is 0 Å². The van der Waals surface area contributed by atoms with Gasteiger partial charge in [0.05, 0.1) is 10.1 Å². The van der Waals surface area contributed by atoms with Crippen molar-refractivity contribution in [1.29, 1.82) is 0 Å². The van der Waals surface area contributed by atoms with E-state index in [1.165, 1.54) is 0 Å². The zero-order valence-electron chi connectivity index (χ0n) is 5.04. The number of hydrogen-bond donors (Lipinski definition) is 0. The summed E-state index contributed by atoms with van der Waals surface area (Å²) in [4.78, 5) is 20.1. The van der Waals surface area contributed by atoms with Crippen LogP contribution in [0.1, 0.15) is 0 Å². The van der Waals surface area contributed by atoms with Crippen LogP contribution in [0.3, 0.4) is 0 Å². The van der Waals surface area contributed by atoms with Gasteiger partial charge in [0.1, 0.15) is 6.20 Å². The number of hydrogen-bond acceptors (Lipinski definition) is 5. The molecule has 0 aromatic heterocycles. The molecule has 0 unspecified atom stereocenters. The Balaban J connectivity index is 2.66. The van der Waals surface area contributed by atoms with Gasteiger partial charge in [-0.25, -0.2) is 0 Å². The summed E-state index contributed by atoms with van der Waals surface area (Å²) < 4.78 is 0. The van der Waals surface area contributed by atoms with Crippen molar-refractivity contribution in [3.63, 3.8) is 0 Å². The first-order valence-electron chi connectivity index (χ1n) is 2.41. The molecule has 0 saturated carbocycles. The molecule has 1 aliphatic rings. The Kier molecular flexibility index (Phi) is 1.77. The molecule has 11 heavy (non-hydrogen) atoms. The smallest absolute Gasteiger partial charge is 0.337 e. The maximum Gasteiger partial charge on any atom is 0.344 e. The normalized spacial score (nSPS) is 16.0. The van der Waals surface area contributed by atoms with Crippen LogP contribution in [0, 0.1) is 10.1 Å². The fraction of sp³-hybridized carbons (Fsp3) is 0. The fourth-order valence-corrected chi connectivity index (χ4v) is 0.396. The lowest BCUT2D eigenvalue weighted by molar-refractivity contribution is -0.494. The minimum absolute atomic E-state index is 0.235. The highest BCUT2D eigenvalue weighted by Crippen LogP contribution is 2.08. The van der Waals surface area contributed by atoms with Gasteiger partial charge in [-0.2, -0.15) is 5.11 Å². The summed E-state index contributed by atoms with van der Waals surface area (Å²) in [7, 11) is 0. The van der Waals surface area contributed by atoms with Crippen LogP contribution in [0.2, 0.25) is 0 Å². The minimum Gasteiger partial charge on any atom is -0.337 e. The Morgan fingerprint density at radius 1 is 1.64 bits per heavy atom. The lowest BCUT2D eigenvalue weighted by Crippen LogP contribution is -1.91. The molecule has 0 spiro atoms. The van der Waals surface area contributed by atoms with Crippen LogP contribution in [0.15, 0.2) is 32.5 Å². The quantitative estimate of drug-likeness (QED) is 0.328. The summed E-state index contributed by atoms with van der Waals surface area (Å²) in [6.07, 6.45) is 0.995. The molecule has 0 aromatic carbocycles. The molecule has 8 nitrogen and oxygen atoms in total. The second-order valence-corrected chi connectivity index (χ2v) is 1.46. The Morgan fingerprint density at radius 2 is 2.36 bits per heavy atom. The third-order valence-electron chi connectivity index (χ3n) is 0.773. The first-order chi connectivity index (χ1) is 5.20. The largest absolute Gasteiger partial charge is 0.344 e. The average molecular weight is 155 g/mol. The number of nitrogens with zero attached hydrogens (tertiary/aromatic N) is 5. The van der Waals surface area contributed by atoms with Crippen molar-refractivity contribution >= 4 is 5.91 Å². The topological polar surface area (TPSA) is 110 Å². The van der Waals surface area contributed by atoms with E-state index in [1.54, 1.807) is 0 Å². The van der Waals surface area contributed by atoms with Crippen LogP contribution in [0.4, 0.5) is 0 Å². The first-order valence-corrected chi connectivity index (χ1v) is 2.41. The Hall–Kier alpha value is -1.99. The lowest BCUT2D eigenvalue weighted by atomic mass is 10.5. The predicted octanol–water partition coefficient (Wildman–Crippen LogP) is 0.464. The van der Waals surface area contributed by atoms with Crippen molar-refractivity contribution in [3.8, 4) is 0 Å². The number of carbonyl (C=O) groups is 1. The highest BCUT2D eigenvalue weighted by atomic mass is 16.7. The van der Waals surface area contributed by atoms with E-state index in [1.807, 2.05) is 0 Å². The van der Waals surface area contributed by atoms with Gasteiger partial charge >= 0.3 is 5.91 Å². The van der Waals surface area contributed by atoms with Crippen molar-refractivity contribution in [3.05, 3.63) is 22.0 Å². The Labute approximate surface area is 59.5 Å². The van der Waals surface area contributed by atoms with Crippen LogP contribution >= 0.6 is 0 Å². The molecule has 0 atom stereocenters. The number of azo groups is 1. The van der Waals surface area contributed by atoms with E-state index in [0.717, 1.165) is 6.20 Å². The Bertz CT molecular complexity index is 289. The summed E-state index contributed by atoms with van der Waals surface area (Å²) in [5.41, 5.74) is -0.235.